The average Bonchev–Trinajstić information content (AvgIpc) is 2.02. The number of hydrogen-bond donors (Lipinski definition) is 0. The molecule has 0 saturated heterocycles. The van der Waals surface area contributed by atoms with Gasteiger partial charge in [0, 0.05) is 0 Å². The lowest BCUT2D eigenvalue weighted by Crippen LogP contribution is -1.87. The number of rotatable bonds is 3. The molecule has 1 aromatic carbocycles. The number of halogens is 1. The van der Waals surface area contributed by atoms with Gasteiger partial charge >= 0.3 is 7.83 Å². The van der Waals surface area contributed by atoms with Crippen LogP contribution in [0.5, 0.6) is 5.75 Å². The van der Waals surface area contributed by atoms with Crippen molar-refractivity contribution in [3.63, 3.8) is 0 Å². The van der Waals surface area contributed by atoms with Crippen molar-refractivity contribution in [1.29, 1.82) is 0 Å². The summed E-state index contributed by atoms with van der Waals surface area (Å²) in [5.74, 6) is 0.229. The highest BCUT2D eigenvalue weighted by atomic mass is 32.2. The molecule has 6 heteroatoms. The molecule has 0 amide bonds. The highest BCUT2D eigenvalue weighted by Gasteiger charge is 2.22. The summed E-state index contributed by atoms with van der Waals surface area (Å²) in [5.41, 5.74) is 0. The van der Waals surface area contributed by atoms with Crippen molar-refractivity contribution in [3.05, 3.63) is 30.3 Å². The van der Waals surface area contributed by atoms with Gasteiger partial charge in [-0.05, 0) is 24.6 Å². The van der Waals surface area contributed by atoms with Gasteiger partial charge in [-0.2, -0.15) is 0 Å². The summed E-state index contributed by atoms with van der Waals surface area (Å²) in [7, 11) is -4.93. The highest BCUT2D eigenvalue weighted by Crippen LogP contribution is 2.50. The normalized spacial score (nSPS) is 14.9. The van der Waals surface area contributed by atoms with Crippen molar-refractivity contribution >= 4 is 18.5 Å². The molecule has 14 heavy (non-hydrogen) atoms. The van der Waals surface area contributed by atoms with Crippen molar-refractivity contribution in [3.8, 4) is 5.75 Å². The van der Waals surface area contributed by atoms with Gasteiger partial charge in [-0.1, -0.05) is 28.9 Å². The van der Waals surface area contributed by atoms with Crippen LogP contribution in [0.2, 0.25) is 0 Å². The smallest absolute Gasteiger partial charge is 0.405 e. The molecule has 78 valence electrons. The predicted molar refractivity (Wildman–Crippen MR) is 57.4 cm³/mol. The van der Waals surface area contributed by atoms with Crippen LogP contribution >= 0.6 is 7.83 Å². The van der Waals surface area contributed by atoms with Crippen LogP contribution in [0.15, 0.2) is 34.5 Å². The van der Waals surface area contributed by atoms with Gasteiger partial charge in [0.25, 0.3) is 0 Å². The summed E-state index contributed by atoms with van der Waals surface area (Å²) in [6.45, 7) is 0. The molecule has 0 aliphatic carbocycles. The van der Waals surface area contributed by atoms with Crippen LogP contribution in [0.1, 0.15) is 0 Å². The second kappa shape index (κ2) is 4.71. The molecule has 0 N–H and O–H groups in total. The van der Waals surface area contributed by atoms with E-state index in [4.69, 9.17) is 0 Å². The standard InChI is InChI=1S/C8H11FNO2PS/c1-14(2)10-13(9,11)12-8-6-4-3-5-7-8/h3-7H,1-2H3. The number of hydrogen-bond acceptors (Lipinski definition) is 2. The van der Waals surface area contributed by atoms with Gasteiger partial charge in [-0.3, -0.25) is 0 Å². The van der Waals surface area contributed by atoms with Crippen LogP contribution in [0.3, 0.4) is 0 Å². The molecule has 0 radical (unpaired) electrons. The molecule has 0 aromatic heterocycles. The van der Waals surface area contributed by atoms with Crippen LogP contribution in [0, 0.1) is 0 Å². The second-order valence-corrected chi connectivity index (χ2v) is 6.00. The first-order chi connectivity index (χ1) is 6.49. The zero-order valence-electron chi connectivity index (χ0n) is 7.88. The van der Waals surface area contributed by atoms with Crippen LogP contribution in [-0.4, -0.2) is 12.5 Å². The maximum atomic E-state index is 13.2. The molecule has 1 unspecified atom stereocenters. The van der Waals surface area contributed by atoms with E-state index in [1.165, 1.54) is 12.1 Å². The fourth-order valence-electron chi connectivity index (χ4n) is 0.823. The lowest BCUT2D eigenvalue weighted by Gasteiger charge is -2.06. The summed E-state index contributed by atoms with van der Waals surface area (Å²) >= 11 is 0. The molecule has 3 nitrogen and oxygen atoms in total. The minimum absolute atomic E-state index is 0.229. The average molecular weight is 235 g/mol. The fourth-order valence-corrected chi connectivity index (χ4v) is 2.90. The summed E-state index contributed by atoms with van der Waals surface area (Å²) in [4.78, 5) is 0. The Labute approximate surface area is 85.0 Å². The van der Waals surface area contributed by atoms with Crippen LogP contribution in [0.4, 0.5) is 4.20 Å². The molecule has 0 heterocycles. The van der Waals surface area contributed by atoms with Gasteiger partial charge in [0.05, 0.1) is 0 Å². The lowest BCUT2D eigenvalue weighted by atomic mass is 10.3. The van der Waals surface area contributed by atoms with Gasteiger partial charge in [0.15, 0.2) is 0 Å². The third-order valence-corrected chi connectivity index (χ3v) is 3.74. The predicted octanol–water partition coefficient (Wildman–Crippen LogP) is 3.20. The Morgan fingerprint density at radius 1 is 1.36 bits per heavy atom. The zero-order valence-corrected chi connectivity index (χ0v) is 9.59. The van der Waals surface area contributed by atoms with E-state index >= 15 is 0 Å². The Hall–Kier alpha value is -0.670. The van der Waals surface area contributed by atoms with Gasteiger partial charge in [0.1, 0.15) is 5.75 Å². The first-order valence-electron chi connectivity index (χ1n) is 3.85. The zero-order chi connectivity index (χ0) is 10.6. The topological polar surface area (TPSA) is 38.7 Å². The van der Waals surface area contributed by atoms with E-state index in [-0.39, 0.29) is 5.75 Å². The van der Waals surface area contributed by atoms with Gasteiger partial charge in [-0.15, -0.1) is 8.33 Å². The summed E-state index contributed by atoms with van der Waals surface area (Å²) in [6.07, 6.45) is 3.33. The SMILES string of the molecule is CS(C)=NP(=O)(F)Oc1ccccc1. The molecule has 1 aromatic rings. The Kier molecular flexibility index (Phi) is 3.84. The molecule has 0 bridgehead atoms. The van der Waals surface area contributed by atoms with Crippen molar-refractivity contribution < 1.29 is 13.3 Å². The van der Waals surface area contributed by atoms with Gasteiger partial charge in [-0.25, -0.2) is 4.57 Å². The van der Waals surface area contributed by atoms with Crippen LogP contribution in [-0.2, 0) is 15.3 Å². The largest absolute Gasteiger partial charge is 0.552 e. The molecule has 0 saturated carbocycles. The second-order valence-electron chi connectivity index (χ2n) is 2.71. The number of nitrogens with zero attached hydrogens (tertiary/aromatic N) is 1. The summed E-state index contributed by atoms with van der Waals surface area (Å²) < 4.78 is 32.4. The molecule has 0 fully saturated rings. The first kappa shape index (κ1) is 11.4. The van der Waals surface area contributed by atoms with Crippen molar-refractivity contribution in [2.24, 2.45) is 4.13 Å². The summed E-state index contributed by atoms with van der Waals surface area (Å²) in [5, 5.41) is 0. The van der Waals surface area contributed by atoms with E-state index < -0.39 is 18.5 Å². The van der Waals surface area contributed by atoms with Crippen molar-refractivity contribution in [1.82, 2.24) is 0 Å². The quantitative estimate of drug-likeness (QED) is 0.754. The van der Waals surface area contributed by atoms with E-state index in [2.05, 4.69) is 8.66 Å². The van der Waals surface area contributed by atoms with Gasteiger partial charge < -0.3 is 4.52 Å². The minimum Gasteiger partial charge on any atom is -0.405 e. The fraction of sp³-hybridized carbons (Fsp3) is 0.250. The van der Waals surface area contributed by atoms with Crippen molar-refractivity contribution in [2.45, 2.75) is 0 Å². The van der Waals surface area contributed by atoms with E-state index in [1.807, 2.05) is 0 Å². The van der Waals surface area contributed by atoms with Crippen LogP contribution in [0.25, 0.3) is 0 Å². The minimum atomic E-state index is -4.33. The van der Waals surface area contributed by atoms with E-state index in [9.17, 15) is 8.76 Å². The first-order valence-corrected chi connectivity index (χ1v) is 7.31. The molecule has 1 rings (SSSR count). The molecule has 0 aliphatic heterocycles. The van der Waals surface area contributed by atoms with E-state index in [0.29, 0.717) is 0 Å². The Bertz CT molecular complexity index is 378. The molecule has 1 atom stereocenters. The maximum Gasteiger partial charge on any atom is 0.552 e. The Morgan fingerprint density at radius 2 is 1.93 bits per heavy atom. The van der Waals surface area contributed by atoms with Crippen LogP contribution < -0.4 is 4.52 Å². The molecule has 0 aliphatic rings. The van der Waals surface area contributed by atoms with Crippen molar-refractivity contribution in [2.75, 3.05) is 12.5 Å². The number of benzene rings is 1. The number of para-hydroxylation sites is 1. The summed E-state index contributed by atoms with van der Waals surface area (Å²) in [6, 6.07) is 8.17. The lowest BCUT2D eigenvalue weighted by molar-refractivity contribution is 0.438. The maximum absolute atomic E-state index is 13.2. The highest BCUT2D eigenvalue weighted by molar-refractivity contribution is 7.89. The Morgan fingerprint density at radius 3 is 2.43 bits per heavy atom. The van der Waals surface area contributed by atoms with E-state index in [0.717, 1.165) is 0 Å². The third kappa shape index (κ3) is 4.03. The van der Waals surface area contributed by atoms with E-state index in [1.54, 1.807) is 30.7 Å². The third-order valence-electron chi connectivity index (χ3n) is 1.22. The van der Waals surface area contributed by atoms with Gasteiger partial charge in [0.2, 0.25) is 0 Å². The Balaban J connectivity index is 2.79. The molecule has 0 spiro atoms. The molecular weight excluding hydrogens is 224 g/mol. The molecular formula is C8H11FNO2PS. The monoisotopic (exact) mass is 235 g/mol.